The molecule has 3 N–H and O–H groups in total. The molecule has 0 spiro atoms. The fraction of sp³-hybridized carbons (Fsp3) is 0.857. The molecule has 0 saturated heterocycles. The predicted molar refractivity (Wildman–Crippen MR) is 97.0 cm³/mol. The van der Waals surface area contributed by atoms with E-state index in [-0.39, 0.29) is 17.6 Å². The molecule has 3 fully saturated rings. The highest BCUT2D eigenvalue weighted by atomic mass is 16.4. The monoisotopic (exact) mass is 350 g/mol. The van der Waals surface area contributed by atoms with Crippen molar-refractivity contribution in [3.63, 3.8) is 0 Å². The number of rotatable bonds is 0. The van der Waals surface area contributed by atoms with Crippen molar-refractivity contribution in [3.8, 4) is 0 Å². The quantitative estimate of drug-likeness (QED) is 0.581. The Bertz CT molecular complexity index is 552. The molecule has 0 heterocycles. The molecule has 4 heteroatoms. The van der Waals surface area contributed by atoms with Gasteiger partial charge in [-0.2, -0.15) is 0 Å². The molecule has 3 saturated carbocycles. The Morgan fingerprint density at radius 2 is 1.72 bits per heavy atom. The largest absolute Gasteiger partial charge is 0.481 e. The molecule has 0 aromatic carbocycles. The smallest absolute Gasteiger partial charge is 0.300 e. The van der Waals surface area contributed by atoms with E-state index in [4.69, 9.17) is 9.90 Å². The van der Waals surface area contributed by atoms with Gasteiger partial charge in [0.2, 0.25) is 0 Å². The second-order valence-electron chi connectivity index (χ2n) is 9.29. The Morgan fingerprint density at radius 3 is 2.40 bits per heavy atom. The molecule has 4 aliphatic rings. The minimum Gasteiger partial charge on any atom is -0.481 e. The van der Waals surface area contributed by atoms with E-state index >= 15 is 0 Å². The summed E-state index contributed by atoms with van der Waals surface area (Å²) < 4.78 is 0. The lowest BCUT2D eigenvalue weighted by atomic mass is 9.47. The normalized spacial score (nSPS) is 48.2. The zero-order valence-electron chi connectivity index (χ0n) is 15.9. The molecule has 0 aromatic heterocycles. The number of aliphatic carboxylic acids is 1. The van der Waals surface area contributed by atoms with Gasteiger partial charge in [-0.15, -0.1) is 0 Å². The summed E-state index contributed by atoms with van der Waals surface area (Å²) in [5, 5.41) is 27.9. The van der Waals surface area contributed by atoms with Crippen LogP contribution in [0.15, 0.2) is 11.6 Å². The summed E-state index contributed by atoms with van der Waals surface area (Å²) in [6.07, 6.45) is 11.2. The molecule has 0 aliphatic heterocycles. The van der Waals surface area contributed by atoms with Crippen molar-refractivity contribution >= 4 is 5.97 Å². The SMILES string of the molecule is CC(=O)O.C[C@]12CC[C@H]3[C@@H](CCC4=C[C@@H](O)CC[C@@]43C)[C@@H]1CC[C@@H]2O. The van der Waals surface area contributed by atoms with Crippen molar-refractivity contribution in [3.05, 3.63) is 11.6 Å². The zero-order chi connectivity index (χ0) is 18.4. The summed E-state index contributed by atoms with van der Waals surface area (Å²) in [7, 11) is 0. The Kier molecular flexibility index (Phi) is 5.06. The molecular formula is C21H34O4. The lowest BCUT2D eigenvalue weighted by Crippen LogP contribution is -2.51. The molecule has 0 aromatic rings. The number of aliphatic hydroxyl groups excluding tert-OH is 2. The van der Waals surface area contributed by atoms with E-state index in [0.29, 0.717) is 5.41 Å². The van der Waals surface area contributed by atoms with Crippen LogP contribution in [0.4, 0.5) is 0 Å². The van der Waals surface area contributed by atoms with Crippen molar-refractivity contribution in [2.75, 3.05) is 0 Å². The first-order chi connectivity index (χ1) is 11.7. The van der Waals surface area contributed by atoms with Crippen LogP contribution < -0.4 is 0 Å². The first-order valence-electron chi connectivity index (χ1n) is 9.95. The molecule has 25 heavy (non-hydrogen) atoms. The summed E-state index contributed by atoms with van der Waals surface area (Å²) in [5.41, 5.74) is 2.06. The fourth-order valence-electron chi connectivity index (χ4n) is 6.68. The summed E-state index contributed by atoms with van der Waals surface area (Å²) in [4.78, 5) is 9.00. The third-order valence-electron chi connectivity index (χ3n) is 8.04. The van der Waals surface area contributed by atoms with Crippen LogP contribution in [0.3, 0.4) is 0 Å². The van der Waals surface area contributed by atoms with Gasteiger partial charge in [-0.3, -0.25) is 4.79 Å². The van der Waals surface area contributed by atoms with Crippen LogP contribution in [0.1, 0.15) is 72.1 Å². The molecule has 0 amide bonds. The van der Waals surface area contributed by atoms with E-state index in [1.165, 1.54) is 32.1 Å². The van der Waals surface area contributed by atoms with E-state index in [1.54, 1.807) is 5.57 Å². The topological polar surface area (TPSA) is 77.8 Å². The third kappa shape index (κ3) is 3.16. The predicted octanol–water partition coefficient (Wildman–Crippen LogP) is 3.76. The van der Waals surface area contributed by atoms with Crippen LogP contribution in [0.25, 0.3) is 0 Å². The highest BCUT2D eigenvalue weighted by Gasteiger charge is 2.58. The first kappa shape index (κ1) is 18.9. The second-order valence-corrected chi connectivity index (χ2v) is 9.29. The van der Waals surface area contributed by atoms with E-state index in [9.17, 15) is 10.2 Å². The van der Waals surface area contributed by atoms with Crippen LogP contribution in [-0.2, 0) is 4.79 Å². The van der Waals surface area contributed by atoms with Gasteiger partial charge in [-0.05, 0) is 80.0 Å². The second kappa shape index (κ2) is 6.70. The van der Waals surface area contributed by atoms with Crippen LogP contribution in [-0.4, -0.2) is 33.5 Å². The van der Waals surface area contributed by atoms with Gasteiger partial charge >= 0.3 is 0 Å². The van der Waals surface area contributed by atoms with Crippen LogP contribution in [0.2, 0.25) is 0 Å². The Labute approximate surface area is 151 Å². The maximum Gasteiger partial charge on any atom is 0.300 e. The maximum absolute atomic E-state index is 10.5. The van der Waals surface area contributed by atoms with Crippen molar-refractivity contribution < 1.29 is 20.1 Å². The van der Waals surface area contributed by atoms with Crippen molar-refractivity contribution in [2.45, 2.75) is 84.3 Å². The number of carboxylic acids is 1. The fourth-order valence-corrected chi connectivity index (χ4v) is 6.68. The Hall–Kier alpha value is -0.870. The third-order valence-corrected chi connectivity index (χ3v) is 8.04. The van der Waals surface area contributed by atoms with Crippen molar-refractivity contribution in [1.82, 2.24) is 0 Å². The molecule has 4 nitrogen and oxygen atoms in total. The minimum absolute atomic E-state index is 0.0682. The standard InChI is InChI=1S/C19H30O2.C2H4O2/c1-18-9-7-13(20)11-12(18)3-4-14-15-5-6-17(21)19(15,2)10-8-16(14)18;1-2(3)4/h11,13-17,20-21H,3-10H2,1-2H3;1H3,(H,3,4)/t13-,14-,15-,16-,17-,18-,19-;/m0./s1. The number of carboxylic acid groups (broad SMARTS) is 1. The number of hydrogen-bond donors (Lipinski definition) is 3. The molecule has 7 atom stereocenters. The summed E-state index contributed by atoms with van der Waals surface area (Å²) in [5.74, 6) is 1.49. The van der Waals surface area contributed by atoms with E-state index < -0.39 is 5.97 Å². The van der Waals surface area contributed by atoms with Gasteiger partial charge in [0.1, 0.15) is 0 Å². The Morgan fingerprint density at radius 1 is 1.04 bits per heavy atom. The van der Waals surface area contributed by atoms with Crippen LogP contribution >= 0.6 is 0 Å². The zero-order valence-corrected chi connectivity index (χ0v) is 15.9. The summed E-state index contributed by atoms with van der Waals surface area (Å²) in [6, 6.07) is 0. The van der Waals surface area contributed by atoms with Gasteiger partial charge in [0, 0.05) is 6.92 Å². The van der Waals surface area contributed by atoms with E-state index in [2.05, 4.69) is 19.9 Å². The molecule has 0 unspecified atom stereocenters. The van der Waals surface area contributed by atoms with E-state index in [1.807, 2.05) is 0 Å². The lowest BCUT2D eigenvalue weighted by Gasteiger charge is -2.58. The van der Waals surface area contributed by atoms with Gasteiger partial charge in [-0.25, -0.2) is 0 Å². The van der Waals surface area contributed by atoms with Gasteiger partial charge in [0.25, 0.3) is 5.97 Å². The minimum atomic E-state index is -0.833. The summed E-state index contributed by atoms with van der Waals surface area (Å²) in [6.45, 7) is 5.90. The van der Waals surface area contributed by atoms with Crippen molar-refractivity contribution in [2.24, 2.45) is 28.6 Å². The number of allylic oxidation sites excluding steroid dienone is 1. The highest BCUT2D eigenvalue weighted by Crippen LogP contribution is 2.65. The first-order valence-corrected chi connectivity index (χ1v) is 9.95. The lowest BCUT2D eigenvalue weighted by molar-refractivity contribution is -0.134. The summed E-state index contributed by atoms with van der Waals surface area (Å²) >= 11 is 0. The van der Waals surface area contributed by atoms with E-state index in [0.717, 1.165) is 43.9 Å². The highest BCUT2D eigenvalue weighted by molar-refractivity contribution is 5.62. The molecule has 4 aliphatic carbocycles. The molecule has 4 rings (SSSR count). The number of fused-ring (bicyclic) bond motifs is 5. The molecule has 0 bridgehead atoms. The average molecular weight is 350 g/mol. The van der Waals surface area contributed by atoms with Gasteiger partial charge in [0.15, 0.2) is 0 Å². The molecular weight excluding hydrogens is 316 g/mol. The molecule has 142 valence electrons. The van der Waals surface area contributed by atoms with Gasteiger partial charge in [-0.1, -0.05) is 25.5 Å². The number of hydrogen-bond acceptors (Lipinski definition) is 3. The number of carbonyl (C=O) groups is 1. The van der Waals surface area contributed by atoms with Crippen LogP contribution in [0, 0.1) is 28.6 Å². The number of aliphatic hydroxyl groups is 2. The van der Waals surface area contributed by atoms with Crippen LogP contribution in [0.5, 0.6) is 0 Å². The van der Waals surface area contributed by atoms with Gasteiger partial charge < -0.3 is 15.3 Å². The average Bonchev–Trinajstić information content (AvgIpc) is 2.83. The molecule has 0 radical (unpaired) electrons. The maximum atomic E-state index is 10.5. The van der Waals surface area contributed by atoms with Gasteiger partial charge in [0.05, 0.1) is 12.2 Å². The Balaban J connectivity index is 0.000000415. The van der Waals surface area contributed by atoms with Crippen molar-refractivity contribution in [1.29, 1.82) is 0 Å².